The number of nitrogens with zero attached hydrogens (tertiary/aromatic N) is 2. The molecule has 0 aliphatic heterocycles. The number of alkyl halides is 1. The van der Waals surface area contributed by atoms with Crippen LogP contribution in [0.2, 0.25) is 0 Å². The van der Waals surface area contributed by atoms with E-state index in [9.17, 15) is 8.78 Å². The molecule has 0 spiro atoms. The van der Waals surface area contributed by atoms with Gasteiger partial charge in [-0.3, -0.25) is 4.57 Å². The fourth-order valence-corrected chi connectivity index (χ4v) is 4.90. The summed E-state index contributed by atoms with van der Waals surface area (Å²) in [6, 6.07) is 11.2. The Morgan fingerprint density at radius 1 is 1.03 bits per heavy atom. The third-order valence-corrected chi connectivity index (χ3v) is 7.16. The van der Waals surface area contributed by atoms with Gasteiger partial charge in [-0.05, 0) is 53.6 Å². The van der Waals surface area contributed by atoms with Gasteiger partial charge in [-0.25, -0.2) is 13.8 Å². The number of halogens is 2. The average molecular weight is 423 g/mol. The molecule has 3 atom stereocenters. The first kappa shape index (κ1) is 21.7. The third kappa shape index (κ3) is 3.31. The molecule has 0 N–H and O–H groups in total. The van der Waals surface area contributed by atoms with Gasteiger partial charge in [-0.2, -0.15) is 0 Å². The number of hydrogen-bond donors (Lipinski definition) is 0. The van der Waals surface area contributed by atoms with E-state index >= 15 is 0 Å². The first-order valence-electron chi connectivity index (χ1n) is 11.2. The second kappa shape index (κ2) is 7.58. The average Bonchev–Trinajstić information content (AvgIpc) is 3.03. The van der Waals surface area contributed by atoms with Crippen LogP contribution in [0.4, 0.5) is 8.78 Å². The smallest absolute Gasteiger partial charge is 0.145 e. The summed E-state index contributed by atoms with van der Waals surface area (Å²) in [5.74, 6) is 0.910. The Bertz CT molecular complexity index is 1090. The van der Waals surface area contributed by atoms with Crippen molar-refractivity contribution in [2.45, 2.75) is 71.9 Å². The molecule has 0 radical (unpaired) electrons. The summed E-state index contributed by atoms with van der Waals surface area (Å²) in [4.78, 5) is 4.76. The van der Waals surface area contributed by atoms with E-state index in [-0.39, 0.29) is 11.7 Å². The van der Waals surface area contributed by atoms with Gasteiger partial charge in [0.1, 0.15) is 17.8 Å². The predicted octanol–water partition coefficient (Wildman–Crippen LogP) is 7.48. The summed E-state index contributed by atoms with van der Waals surface area (Å²) < 4.78 is 31.2. The van der Waals surface area contributed by atoms with Gasteiger partial charge in [0, 0.05) is 28.8 Å². The molecule has 31 heavy (non-hydrogen) atoms. The molecule has 1 heterocycles. The van der Waals surface area contributed by atoms with E-state index < -0.39 is 11.6 Å². The Morgan fingerprint density at radius 3 is 2.13 bits per heavy atom. The molecule has 3 unspecified atom stereocenters. The van der Waals surface area contributed by atoms with Gasteiger partial charge in [0.25, 0.3) is 0 Å². The summed E-state index contributed by atoms with van der Waals surface area (Å²) in [6.45, 7) is 14.6. The molecule has 1 aliphatic rings. The molecule has 1 aliphatic carbocycles. The fourth-order valence-electron chi connectivity index (χ4n) is 4.90. The van der Waals surface area contributed by atoms with Crippen LogP contribution in [0.15, 0.2) is 42.6 Å². The molecule has 1 fully saturated rings. The minimum Gasteiger partial charge on any atom is -0.296 e. The van der Waals surface area contributed by atoms with E-state index in [4.69, 9.17) is 4.98 Å². The van der Waals surface area contributed by atoms with Crippen molar-refractivity contribution in [3.8, 4) is 17.1 Å². The predicted molar refractivity (Wildman–Crippen MR) is 123 cm³/mol. The van der Waals surface area contributed by atoms with Gasteiger partial charge in [0.15, 0.2) is 0 Å². The van der Waals surface area contributed by atoms with E-state index in [1.54, 1.807) is 6.07 Å². The second-order valence-corrected chi connectivity index (χ2v) is 9.82. The topological polar surface area (TPSA) is 17.8 Å². The zero-order valence-corrected chi connectivity index (χ0v) is 19.5. The lowest BCUT2D eigenvalue weighted by molar-refractivity contribution is 0.424. The van der Waals surface area contributed by atoms with Crippen LogP contribution in [0, 0.1) is 18.7 Å². The molecule has 3 aromatic rings. The van der Waals surface area contributed by atoms with Crippen molar-refractivity contribution in [2.24, 2.45) is 5.92 Å². The highest BCUT2D eigenvalue weighted by atomic mass is 19.1. The Balaban J connectivity index is 2.02. The van der Waals surface area contributed by atoms with E-state index in [0.717, 1.165) is 22.8 Å². The molecule has 4 heteroatoms. The number of rotatable bonds is 5. The molecule has 2 aromatic carbocycles. The molecule has 1 aromatic heterocycles. The van der Waals surface area contributed by atoms with Gasteiger partial charge in [0.2, 0.25) is 0 Å². The Hall–Kier alpha value is -2.49. The minimum atomic E-state index is -0.980. The normalized spacial score (nSPS) is 23.1. The lowest BCUT2D eigenvalue weighted by Crippen LogP contribution is -2.13. The van der Waals surface area contributed by atoms with Crippen LogP contribution in [0.5, 0.6) is 0 Å². The number of aryl methyl sites for hydroxylation is 1. The van der Waals surface area contributed by atoms with Crippen LogP contribution < -0.4 is 0 Å². The second-order valence-electron chi connectivity index (χ2n) is 9.82. The van der Waals surface area contributed by atoms with Crippen molar-refractivity contribution in [3.63, 3.8) is 0 Å². The summed E-state index contributed by atoms with van der Waals surface area (Å²) in [5.41, 5.74) is 5.44. The maximum atomic E-state index is 14.7. The van der Waals surface area contributed by atoms with E-state index in [1.165, 1.54) is 23.3 Å². The zero-order chi connectivity index (χ0) is 22.7. The molecule has 4 rings (SSSR count). The number of para-hydroxylation sites is 1. The van der Waals surface area contributed by atoms with E-state index in [0.29, 0.717) is 17.4 Å². The fraction of sp³-hybridized carbons (Fsp3) is 0.444. The highest BCUT2D eigenvalue weighted by molar-refractivity contribution is 5.69. The van der Waals surface area contributed by atoms with Crippen LogP contribution in [-0.4, -0.2) is 15.7 Å². The first-order chi connectivity index (χ1) is 14.6. The maximum absolute atomic E-state index is 14.7. The SMILES string of the molecule is Cc1cnc(-c2ccc(F)cc2C2(C)C(C)C2F)n1-c1c(C(C)C)cccc1C(C)C. The molecule has 0 bridgehead atoms. The molecule has 164 valence electrons. The quantitative estimate of drug-likeness (QED) is 0.417. The van der Waals surface area contributed by atoms with Gasteiger partial charge < -0.3 is 0 Å². The van der Waals surface area contributed by atoms with Gasteiger partial charge >= 0.3 is 0 Å². The monoisotopic (exact) mass is 422 g/mol. The lowest BCUT2D eigenvalue weighted by Gasteiger charge is -2.24. The van der Waals surface area contributed by atoms with E-state index in [2.05, 4.69) is 50.5 Å². The number of imidazole rings is 1. The zero-order valence-electron chi connectivity index (χ0n) is 19.5. The Labute approximate surface area is 184 Å². The van der Waals surface area contributed by atoms with Crippen LogP contribution >= 0.6 is 0 Å². The first-order valence-corrected chi connectivity index (χ1v) is 11.2. The van der Waals surface area contributed by atoms with Crippen LogP contribution in [0.3, 0.4) is 0 Å². The van der Waals surface area contributed by atoms with Crippen molar-refractivity contribution in [1.29, 1.82) is 0 Å². The lowest BCUT2D eigenvalue weighted by atomic mass is 9.89. The van der Waals surface area contributed by atoms with Gasteiger partial charge in [0.05, 0.1) is 5.69 Å². The highest BCUT2D eigenvalue weighted by Gasteiger charge is 2.61. The standard InChI is InChI=1S/C27H32F2N2/c1-15(2)20-9-8-10-21(16(3)4)24(20)31-17(5)14-30-26(31)22-12-11-19(28)13-23(22)27(7)18(6)25(27)29/h8-16,18,25H,1-7H3. The summed E-state index contributed by atoms with van der Waals surface area (Å²) in [6.07, 6.45) is 0.877. The van der Waals surface area contributed by atoms with E-state index in [1.807, 2.05) is 27.0 Å². The molecule has 1 saturated carbocycles. The molecular formula is C27H32F2N2. The summed E-state index contributed by atoms with van der Waals surface area (Å²) in [7, 11) is 0. The van der Waals surface area contributed by atoms with Crippen LogP contribution in [-0.2, 0) is 5.41 Å². The number of hydrogen-bond acceptors (Lipinski definition) is 1. The molecule has 2 nitrogen and oxygen atoms in total. The minimum absolute atomic E-state index is 0.147. The summed E-state index contributed by atoms with van der Waals surface area (Å²) in [5, 5.41) is 0. The number of benzene rings is 2. The largest absolute Gasteiger partial charge is 0.296 e. The van der Waals surface area contributed by atoms with Crippen molar-refractivity contribution in [2.75, 3.05) is 0 Å². The van der Waals surface area contributed by atoms with Crippen LogP contribution in [0.1, 0.15) is 75.8 Å². The number of aromatic nitrogens is 2. The van der Waals surface area contributed by atoms with Crippen molar-refractivity contribution >= 4 is 0 Å². The third-order valence-electron chi connectivity index (χ3n) is 7.16. The molecule has 0 amide bonds. The highest BCUT2D eigenvalue weighted by Crippen LogP contribution is 2.58. The van der Waals surface area contributed by atoms with Crippen molar-refractivity contribution in [1.82, 2.24) is 9.55 Å². The van der Waals surface area contributed by atoms with Gasteiger partial charge in [-0.15, -0.1) is 0 Å². The van der Waals surface area contributed by atoms with Crippen molar-refractivity contribution in [3.05, 3.63) is 70.8 Å². The van der Waals surface area contributed by atoms with Crippen molar-refractivity contribution < 1.29 is 8.78 Å². The maximum Gasteiger partial charge on any atom is 0.145 e. The Morgan fingerprint density at radius 2 is 1.61 bits per heavy atom. The van der Waals surface area contributed by atoms with Gasteiger partial charge in [-0.1, -0.05) is 59.7 Å². The Kier molecular flexibility index (Phi) is 5.31. The molecular weight excluding hydrogens is 390 g/mol. The molecule has 0 saturated heterocycles. The summed E-state index contributed by atoms with van der Waals surface area (Å²) >= 11 is 0. The van der Waals surface area contributed by atoms with Crippen LogP contribution in [0.25, 0.3) is 17.1 Å².